The van der Waals surface area contributed by atoms with E-state index in [-0.39, 0.29) is 11.9 Å². The summed E-state index contributed by atoms with van der Waals surface area (Å²) in [6.45, 7) is 3.06. The molecule has 1 aromatic rings. The van der Waals surface area contributed by atoms with E-state index in [4.69, 9.17) is 14.2 Å². The Labute approximate surface area is 130 Å². The highest BCUT2D eigenvalue weighted by atomic mass is 16.7. The van der Waals surface area contributed by atoms with E-state index in [9.17, 15) is 4.79 Å². The lowest BCUT2D eigenvalue weighted by Crippen LogP contribution is -2.49. The molecule has 1 aliphatic carbocycles. The van der Waals surface area contributed by atoms with E-state index >= 15 is 0 Å². The maximum atomic E-state index is 12.3. The molecule has 120 valence electrons. The van der Waals surface area contributed by atoms with Gasteiger partial charge < -0.3 is 19.5 Å². The molecule has 5 nitrogen and oxygen atoms in total. The first-order valence-corrected chi connectivity index (χ1v) is 7.97. The maximum absolute atomic E-state index is 12.3. The van der Waals surface area contributed by atoms with E-state index in [0.29, 0.717) is 19.0 Å². The van der Waals surface area contributed by atoms with Crippen molar-refractivity contribution < 1.29 is 19.0 Å². The number of amides is 1. The van der Waals surface area contributed by atoms with Gasteiger partial charge in [0.15, 0.2) is 11.9 Å². The van der Waals surface area contributed by atoms with Crippen LogP contribution in [0, 0.1) is 0 Å². The van der Waals surface area contributed by atoms with Gasteiger partial charge in [0.25, 0.3) is 5.91 Å². The summed E-state index contributed by atoms with van der Waals surface area (Å²) in [4.78, 5) is 12.3. The van der Waals surface area contributed by atoms with Crippen LogP contribution in [0.4, 0.5) is 0 Å². The molecule has 1 aromatic carbocycles. The molecule has 1 saturated heterocycles. The standard InChI is InChI=1S/C17H23NO4/c1-13(22-15-7-3-2-4-8-15)16(19)18-14-6-5-9-17(12-14)20-10-11-21-17/h2-4,7-8,13-14H,5-6,9-12H2,1H3,(H,18,19)/t13-,14-/m0/s1. The summed E-state index contributed by atoms with van der Waals surface area (Å²) < 4.78 is 17.1. The zero-order valence-corrected chi connectivity index (χ0v) is 12.9. The van der Waals surface area contributed by atoms with Crippen LogP contribution in [-0.2, 0) is 14.3 Å². The second-order valence-electron chi connectivity index (χ2n) is 5.98. The van der Waals surface area contributed by atoms with E-state index in [2.05, 4.69) is 5.32 Å². The van der Waals surface area contributed by atoms with Gasteiger partial charge in [0, 0.05) is 18.9 Å². The predicted octanol–water partition coefficient (Wildman–Crippen LogP) is 2.26. The topological polar surface area (TPSA) is 56.8 Å². The van der Waals surface area contributed by atoms with Gasteiger partial charge in [-0.15, -0.1) is 0 Å². The van der Waals surface area contributed by atoms with Crippen LogP contribution in [0.2, 0.25) is 0 Å². The van der Waals surface area contributed by atoms with Crippen LogP contribution in [0.25, 0.3) is 0 Å². The van der Waals surface area contributed by atoms with Crippen molar-refractivity contribution >= 4 is 5.91 Å². The lowest BCUT2D eigenvalue weighted by molar-refractivity contribution is -0.182. The minimum Gasteiger partial charge on any atom is -0.481 e. The SMILES string of the molecule is C[C@H](Oc1ccccc1)C(=O)N[C@H]1CCCC2(C1)OCCO2. The average Bonchev–Trinajstić information content (AvgIpc) is 2.96. The number of hydrogen-bond donors (Lipinski definition) is 1. The van der Waals surface area contributed by atoms with Crippen molar-refractivity contribution in [2.75, 3.05) is 13.2 Å². The molecule has 0 bridgehead atoms. The molecule has 0 radical (unpaired) electrons. The van der Waals surface area contributed by atoms with E-state index in [1.54, 1.807) is 6.92 Å². The third-order valence-corrected chi connectivity index (χ3v) is 4.25. The zero-order valence-electron chi connectivity index (χ0n) is 12.9. The van der Waals surface area contributed by atoms with Crippen molar-refractivity contribution in [1.29, 1.82) is 0 Å². The summed E-state index contributed by atoms with van der Waals surface area (Å²) in [6, 6.07) is 9.47. The number of benzene rings is 1. The van der Waals surface area contributed by atoms with Gasteiger partial charge in [0.1, 0.15) is 5.75 Å². The highest BCUT2D eigenvalue weighted by Crippen LogP contribution is 2.35. The number of carbonyl (C=O) groups excluding carboxylic acids is 1. The van der Waals surface area contributed by atoms with E-state index in [1.165, 1.54) is 0 Å². The minimum absolute atomic E-state index is 0.0844. The van der Waals surface area contributed by atoms with Crippen LogP contribution < -0.4 is 10.1 Å². The molecule has 2 aliphatic rings. The van der Waals surface area contributed by atoms with Crippen LogP contribution in [0.5, 0.6) is 5.75 Å². The van der Waals surface area contributed by atoms with Crippen LogP contribution in [0.1, 0.15) is 32.6 Å². The van der Waals surface area contributed by atoms with Gasteiger partial charge in [-0.2, -0.15) is 0 Å². The third-order valence-electron chi connectivity index (χ3n) is 4.25. The van der Waals surface area contributed by atoms with Gasteiger partial charge in [0.2, 0.25) is 0 Å². The first-order valence-electron chi connectivity index (χ1n) is 7.97. The van der Waals surface area contributed by atoms with Crippen molar-refractivity contribution in [3.8, 4) is 5.75 Å². The van der Waals surface area contributed by atoms with Gasteiger partial charge in [-0.25, -0.2) is 0 Å². The highest BCUT2D eigenvalue weighted by Gasteiger charge is 2.42. The number of ether oxygens (including phenoxy) is 3. The third kappa shape index (κ3) is 3.59. The second-order valence-corrected chi connectivity index (χ2v) is 5.98. The average molecular weight is 305 g/mol. The van der Waals surface area contributed by atoms with Gasteiger partial charge in [-0.3, -0.25) is 4.79 Å². The molecule has 1 amide bonds. The lowest BCUT2D eigenvalue weighted by Gasteiger charge is -2.36. The molecular formula is C17H23NO4. The van der Waals surface area contributed by atoms with Crippen LogP contribution >= 0.6 is 0 Å². The van der Waals surface area contributed by atoms with Crippen molar-refractivity contribution in [2.45, 2.75) is 50.5 Å². The van der Waals surface area contributed by atoms with E-state index in [0.717, 1.165) is 25.7 Å². The maximum Gasteiger partial charge on any atom is 0.260 e. The number of carbonyl (C=O) groups is 1. The molecule has 3 rings (SSSR count). The van der Waals surface area contributed by atoms with Gasteiger partial charge >= 0.3 is 0 Å². The molecule has 1 N–H and O–H groups in total. The predicted molar refractivity (Wildman–Crippen MR) is 81.6 cm³/mol. The smallest absolute Gasteiger partial charge is 0.260 e. The van der Waals surface area contributed by atoms with Gasteiger partial charge in [-0.1, -0.05) is 18.2 Å². The number of rotatable bonds is 4. The number of hydrogen-bond acceptors (Lipinski definition) is 4. The van der Waals surface area contributed by atoms with Gasteiger partial charge in [0.05, 0.1) is 13.2 Å². The summed E-state index contributed by atoms with van der Waals surface area (Å²) >= 11 is 0. The molecule has 2 atom stereocenters. The fraction of sp³-hybridized carbons (Fsp3) is 0.588. The number of nitrogens with one attached hydrogen (secondary N) is 1. The monoisotopic (exact) mass is 305 g/mol. The van der Waals surface area contributed by atoms with Crippen LogP contribution in [0.3, 0.4) is 0 Å². The Balaban J connectivity index is 1.52. The van der Waals surface area contributed by atoms with Crippen molar-refractivity contribution in [3.63, 3.8) is 0 Å². The molecule has 1 saturated carbocycles. The first kappa shape index (κ1) is 15.3. The van der Waals surface area contributed by atoms with Crippen LogP contribution in [-0.4, -0.2) is 37.1 Å². The summed E-state index contributed by atoms with van der Waals surface area (Å²) in [5.41, 5.74) is 0. The molecule has 2 fully saturated rings. The Kier molecular flexibility index (Phi) is 4.64. The summed E-state index contributed by atoms with van der Waals surface area (Å²) in [7, 11) is 0. The largest absolute Gasteiger partial charge is 0.481 e. The molecule has 1 heterocycles. The fourth-order valence-electron chi connectivity index (χ4n) is 3.15. The van der Waals surface area contributed by atoms with Crippen molar-refractivity contribution in [3.05, 3.63) is 30.3 Å². The summed E-state index contributed by atoms with van der Waals surface area (Å²) in [5, 5.41) is 3.07. The fourth-order valence-corrected chi connectivity index (χ4v) is 3.15. The molecule has 1 aliphatic heterocycles. The Bertz CT molecular complexity index is 499. The molecule has 1 spiro atoms. The van der Waals surface area contributed by atoms with E-state index < -0.39 is 11.9 Å². The molecular weight excluding hydrogens is 282 g/mol. The van der Waals surface area contributed by atoms with E-state index in [1.807, 2.05) is 30.3 Å². The molecule has 22 heavy (non-hydrogen) atoms. The normalized spacial score (nSPS) is 24.9. The Morgan fingerprint density at radius 1 is 1.32 bits per heavy atom. The lowest BCUT2D eigenvalue weighted by atomic mass is 9.89. The Hall–Kier alpha value is -1.59. The second kappa shape index (κ2) is 6.67. The first-order chi connectivity index (χ1) is 10.7. The molecule has 0 unspecified atom stereocenters. The minimum atomic E-state index is -0.523. The van der Waals surface area contributed by atoms with Crippen LogP contribution in [0.15, 0.2) is 30.3 Å². The van der Waals surface area contributed by atoms with Crippen molar-refractivity contribution in [2.24, 2.45) is 0 Å². The molecule has 0 aromatic heterocycles. The Morgan fingerprint density at radius 2 is 2.05 bits per heavy atom. The highest BCUT2D eigenvalue weighted by molar-refractivity contribution is 5.81. The van der Waals surface area contributed by atoms with Crippen molar-refractivity contribution in [1.82, 2.24) is 5.32 Å². The summed E-state index contributed by atoms with van der Waals surface area (Å²) in [6.07, 6.45) is 3.06. The summed E-state index contributed by atoms with van der Waals surface area (Å²) in [5.74, 6) is 0.135. The molecule has 5 heteroatoms. The zero-order chi connectivity index (χ0) is 15.4. The Morgan fingerprint density at radius 3 is 2.77 bits per heavy atom. The number of para-hydroxylation sites is 1. The van der Waals surface area contributed by atoms with Gasteiger partial charge in [-0.05, 0) is 31.9 Å². The quantitative estimate of drug-likeness (QED) is 0.927.